The van der Waals surface area contributed by atoms with Crippen molar-refractivity contribution in [3.8, 4) is 11.5 Å². The summed E-state index contributed by atoms with van der Waals surface area (Å²) in [5.41, 5.74) is 10.6. The van der Waals surface area contributed by atoms with Gasteiger partial charge < -0.3 is 24.7 Å². The van der Waals surface area contributed by atoms with Crippen LogP contribution in [-0.2, 0) is 6.42 Å². The van der Waals surface area contributed by atoms with Gasteiger partial charge in [-0.25, -0.2) is 0 Å². The number of amides is 1. The molecule has 3 aromatic rings. The molecule has 2 N–H and O–H groups in total. The normalized spacial score (nSPS) is 18.1. The van der Waals surface area contributed by atoms with Crippen LogP contribution in [0.25, 0.3) is 10.9 Å². The molecule has 36 heavy (non-hydrogen) atoms. The monoisotopic (exact) mass is 488 g/mol. The van der Waals surface area contributed by atoms with Gasteiger partial charge in [-0.15, -0.1) is 0 Å². The van der Waals surface area contributed by atoms with Crippen LogP contribution >= 0.6 is 0 Å². The Balaban J connectivity index is 1.26. The number of primary amides is 1. The molecule has 2 aliphatic heterocycles. The number of carbonyl (C=O) groups excluding carboxylic acids is 1. The molecule has 0 aliphatic carbocycles. The van der Waals surface area contributed by atoms with Gasteiger partial charge in [-0.05, 0) is 74.2 Å². The van der Waals surface area contributed by atoms with Gasteiger partial charge >= 0.3 is 0 Å². The quantitative estimate of drug-likeness (QED) is 0.527. The third kappa shape index (κ3) is 4.98. The molecular formula is C29H36N4O3. The van der Waals surface area contributed by atoms with E-state index in [-0.39, 0.29) is 5.91 Å². The summed E-state index contributed by atoms with van der Waals surface area (Å²) in [6.45, 7) is 6.65. The van der Waals surface area contributed by atoms with Crippen LogP contribution < -0.4 is 15.2 Å². The van der Waals surface area contributed by atoms with Crippen LogP contribution in [0.15, 0.2) is 47.6 Å². The molecule has 7 nitrogen and oxygen atoms in total. The maximum Gasteiger partial charge on any atom is 0.248 e. The average Bonchev–Trinajstić information content (AvgIpc) is 3.23. The topological polar surface area (TPSA) is 82.1 Å². The predicted octanol–water partition coefficient (Wildman–Crippen LogP) is 4.61. The van der Waals surface area contributed by atoms with E-state index in [2.05, 4.69) is 34.7 Å². The Bertz CT molecular complexity index is 1270. The van der Waals surface area contributed by atoms with Crippen molar-refractivity contribution >= 4 is 22.5 Å². The lowest BCUT2D eigenvalue weighted by atomic mass is 9.99. The number of likely N-dealkylation sites (tertiary alicyclic amines) is 1. The number of fused-ring (bicyclic) bond motifs is 2. The first-order valence-corrected chi connectivity index (χ1v) is 13.1. The van der Waals surface area contributed by atoms with Crippen molar-refractivity contribution in [1.29, 1.82) is 0 Å². The van der Waals surface area contributed by atoms with Crippen LogP contribution in [-0.4, -0.2) is 61.0 Å². The fourth-order valence-electron chi connectivity index (χ4n) is 5.57. The van der Waals surface area contributed by atoms with E-state index in [0.29, 0.717) is 18.2 Å². The minimum atomic E-state index is -0.382. The lowest BCUT2D eigenvalue weighted by molar-refractivity contribution is 0.100. The predicted molar refractivity (Wildman–Crippen MR) is 144 cm³/mol. The number of aliphatic imine (C=N–C) groups is 1. The van der Waals surface area contributed by atoms with Gasteiger partial charge in [0, 0.05) is 66.8 Å². The molecule has 7 heteroatoms. The van der Waals surface area contributed by atoms with Gasteiger partial charge in [0.15, 0.2) is 0 Å². The highest BCUT2D eigenvalue weighted by Gasteiger charge is 2.23. The number of rotatable bonds is 7. The minimum absolute atomic E-state index is 0.382. The Morgan fingerprint density at radius 2 is 2.03 bits per heavy atom. The number of ether oxygens (including phenoxy) is 2. The minimum Gasteiger partial charge on any atom is -0.496 e. The van der Waals surface area contributed by atoms with Gasteiger partial charge in [0.1, 0.15) is 11.5 Å². The van der Waals surface area contributed by atoms with Crippen LogP contribution in [0.5, 0.6) is 11.5 Å². The van der Waals surface area contributed by atoms with E-state index in [1.165, 1.54) is 5.56 Å². The molecule has 3 heterocycles. The smallest absolute Gasteiger partial charge is 0.248 e. The van der Waals surface area contributed by atoms with Crippen molar-refractivity contribution in [2.24, 2.45) is 10.7 Å². The molecule has 1 saturated heterocycles. The first-order chi connectivity index (χ1) is 17.6. The fraction of sp³-hybridized carbons (Fsp3) is 0.448. The van der Waals surface area contributed by atoms with Crippen molar-refractivity contribution in [1.82, 2.24) is 9.47 Å². The number of hydrogen-bond donors (Lipinski definition) is 1. The zero-order valence-corrected chi connectivity index (χ0v) is 21.3. The molecule has 0 spiro atoms. The molecular weight excluding hydrogens is 452 g/mol. The number of nitrogens with zero attached hydrogens (tertiary/aromatic N) is 3. The maximum absolute atomic E-state index is 11.7. The second-order valence-corrected chi connectivity index (χ2v) is 9.72. The maximum atomic E-state index is 11.7. The zero-order chi connectivity index (χ0) is 25.1. The highest BCUT2D eigenvalue weighted by Crippen LogP contribution is 2.34. The molecule has 0 unspecified atom stereocenters. The van der Waals surface area contributed by atoms with Gasteiger partial charge in [-0.3, -0.25) is 9.79 Å². The summed E-state index contributed by atoms with van der Waals surface area (Å²) < 4.78 is 14.1. The lowest BCUT2D eigenvalue weighted by Gasteiger charge is -2.33. The summed E-state index contributed by atoms with van der Waals surface area (Å²) in [5.74, 6) is 1.40. The van der Waals surface area contributed by atoms with E-state index in [4.69, 9.17) is 20.2 Å². The molecule has 0 bridgehead atoms. The Morgan fingerprint density at radius 3 is 2.78 bits per heavy atom. The van der Waals surface area contributed by atoms with Crippen molar-refractivity contribution in [3.63, 3.8) is 0 Å². The highest BCUT2D eigenvalue weighted by molar-refractivity contribution is 6.03. The molecule has 2 aliphatic rings. The molecule has 0 radical (unpaired) electrons. The van der Waals surface area contributed by atoms with Gasteiger partial charge in [0.2, 0.25) is 5.91 Å². The highest BCUT2D eigenvalue weighted by atomic mass is 16.5. The Kier molecular flexibility index (Phi) is 7.28. The summed E-state index contributed by atoms with van der Waals surface area (Å²) in [4.78, 5) is 19.0. The Labute approximate surface area is 212 Å². The van der Waals surface area contributed by atoms with Crippen LogP contribution in [0.3, 0.4) is 0 Å². The second-order valence-electron chi connectivity index (χ2n) is 9.72. The van der Waals surface area contributed by atoms with E-state index in [0.717, 1.165) is 92.0 Å². The number of hydrogen-bond acceptors (Lipinski definition) is 5. The number of benzene rings is 2. The Morgan fingerprint density at radius 1 is 1.19 bits per heavy atom. The van der Waals surface area contributed by atoms with Crippen molar-refractivity contribution < 1.29 is 14.3 Å². The second kappa shape index (κ2) is 10.7. The molecule has 190 valence electrons. The Hall–Kier alpha value is -3.32. The standard InChI is InChI=1S/C29H36N4O3/c1-3-31-25-5-4-16-36-28-19-27(35-2)21(17-24(25)28)8-12-32-13-10-23(11-14-32)33-15-9-20-6-7-22(29(30)34)18-26(20)33/h6-7,9,15,17-19,23H,3-5,8,10-14,16H2,1-2H3,(H2,30,34). The van der Waals surface area contributed by atoms with Crippen LogP contribution in [0, 0.1) is 0 Å². The van der Waals surface area contributed by atoms with Gasteiger partial charge in [-0.2, -0.15) is 0 Å². The number of aromatic nitrogens is 1. The van der Waals surface area contributed by atoms with Gasteiger partial charge in [0.25, 0.3) is 0 Å². The largest absolute Gasteiger partial charge is 0.496 e. The summed E-state index contributed by atoms with van der Waals surface area (Å²) in [5, 5.41) is 1.15. The summed E-state index contributed by atoms with van der Waals surface area (Å²) in [7, 11) is 1.74. The number of nitrogens with two attached hydrogens (primary N) is 1. The van der Waals surface area contributed by atoms with Crippen molar-refractivity contribution in [3.05, 3.63) is 59.3 Å². The van der Waals surface area contributed by atoms with Gasteiger partial charge in [-0.1, -0.05) is 6.07 Å². The zero-order valence-electron chi connectivity index (χ0n) is 21.3. The summed E-state index contributed by atoms with van der Waals surface area (Å²) in [6.07, 6.45) is 7.17. The van der Waals surface area contributed by atoms with E-state index in [9.17, 15) is 4.79 Å². The average molecular weight is 489 g/mol. The van der Waals surface area contributed by atoms with Crippen molar-refractivity contribution in [2.75, 3.05) is 39.9 Å². The third-order valence-electron chi connectivity index (χ3n) is 7.51. The van der Waals surface area contributed by atoms with Crippen LogP contribution in [0.2, 0.25) is 0 Å². The number of piperidine rings is 1. The first-order valence-electron chi connectivity index (χ1n) is 13.1. The molecule has 0 saturated carbocycles. The lowest BCUT2D eigenvalue weighted by Crippen LogP contribution is -2.35. The number of carbonyl (C=O) groups is 1. The number of methoxy groups -OCH3 is 1. The van der Waals surface area contributed by atoms with E-state index >= 15 is 0 Å². The molecule has 0 atom stereocenters. The molecule has 5 rings (SSSR count). The van der Waals surface area contributed by atoms with Crippen LogP contribution in [0.4, 0.5) is 0 Å². The molecule has 2 aromatic carbocycles. The van der Waals surface area contributed by atoms with E-state index in [1.54, 1.807) is 13.2 Å². The molecule has 1 fully saturated rings. The first kappa shape index (κ1) is 24.4. The van der Waals surface area contributed by atoms with Crippen molar-refractivity contribution in [2.45, 2.75) is 45.1 Å². The van der Waals surface area contributed by atoms with E-state index in [1.807, 2.05) is 18.2 Å². The van der Waals surface area contributed by atoms with Gasteiger partial charge in [0.05, 0.1) is 13.7 Å². The molecule has 1 amide bonds. The van der Waals surface area contributed by atoms with E-state index < -0.39 is 0 Å². The summed E-state index contributed by atoms with van der Waals surface area (Å²) >= 11 is 0. The third-order valence-corrected chi connectivity index (χ3v) is 7.51. The summed E-state index contributed by atoms with van der Waals surface area (Å²) in [6, 6.07) is 12.5. The van der Waals surface area contributed by atoms with Crippen LogP contribution in [0.1, 0.15) is 60.1 Å². The fourth-order valence-corrected chi connectivity index (χ4v) is 5.57. The molecule has 1 aromatic heterocycles. The SMILES string of the molecule is CCN=C1CCCOc2cc(OC)c(CCN3CCC(n4ccc5ccc(C(N)=O)cc54)CC3)cc21.